The number of benzene rings is 2. The number of carbonyl (C=O) groups is 1. The lowest BCUT2D eigenvalue weighted by Crippen LogP contribution is -2.04. The van der Waals surface area contributed by atoms with E-state index in [0.29, 0.717) is 5.75 Å². The standard InChI is InChI=1S/C17H16O3/c1-13-5-3-4-6-16(13)20-17(18)12-9-14-7-10-15(19-2)11-8-14/h3-12H,1-2H3. The van der Waals surface area contributed by atoms with Crippen LogP contribution in [-0.4, -0.2) is 13.1 Å². The van der Waals surface area contributed by atoms with Gasteiger partial charge in [-0.3, -0.25) is 0 Å². The van der Waals surface area contributed by atoms with Crippen LogP contribution >= 0.6 is 0 Å². The molecule has 0 radical (unpaired) electrons. The number of esters is 1. The van der Waals surface area contributed by atoms with Gasteiger partial charge in [0.15, 0.2) is 0 Å². The van der Waals surface area contributed by atoms with Crippen molar-refractivity contribution in [3.63, 3.8) is 0 Å². The highest BCUT2D eigenvalue weighted by Gasteiger charge is 2.02. The summed E-state index contributed by atoms with van der Waals surface area (Å²) in [6.07, 6.45) is 3.12. The number of aryl methyl sites for hydroxylation is 1. The minimum Gasteiger partial charge on any atom is -0.497 e. The summed E-state index contributed by atoms with van der Waals surface area (Å²) in [6, 6.07) is 14.8. The summed E-state index contributed by atoms with van der Waals surface area (Å²) in [5.41, 5.74) is 1.84. The lowest BCUT2D eigenvalue weighted by atomic mass is 10.2. The summed E-state index contributed by atoms with van der Waals surface area (Å²) in [5, 5.41) is 0. The fourth-order valence-corrected chi connectivity index (χ4v) is 1.69. The van der Waals surface area contributed by atoms with Gasteiger partial charge >= 0.3 is 5.97 Å². The molecule has 0 N–H and O–H groups in total. The fourth-order valence-electron chi connectivity index (χ4n) is 1.69. The van der Waals surface area contributed by atoms with Crippen LogP contribution in [0.1, 0.15) is 11.1 Å². The van der Waals surface area contributed by atoms with Crippen molar-refractivity contribution in [1.29, 1.82) is 0 Å². The number of para-hydroxylation sites is 1. The predicted molar refractivity (Wildman–Crippen MR) is 78.8 cm³/mol. The summed E-state index contributed by atoms with van der Waals surface area (Å²) in [5.74, 6) is 0.969. The Labute approximate surface area is 118 Å². The molecule has 0 unspecified atom stereocenters. The highest BCUT2D eigenvalue weighted by atomic mass is 16.5. The maximum Gasteiger partial charge on any atom is 0.336 e. The third-order valence-corrected chi connectivity index (χ3v) is 2.83. The zero-order chi connectivity index (χ0) is 14.4. The van der Waals surface area contributed by atoms with Gasteiger partial charge < -0.3 is 9.47 Å². The molecule has 2 aromatic rings. The molecule has 0 amide bonds. The monoisotopic (exact) mass is 268 g/mol. The van der Waals surface area contributed by atoms with E-state index in [2.05, 4.69) is 0 Å². The second-order valence-electron chi connectivity index (χ2n) is 4.29. The van der Waals surface area contributed by atoms with Gasteiger partial charge in [0.2, 0.25) is 0 Å². The van der Waals surface area contributed by atoms with E-state index in [0.717, 1.165) is 16.9 Å². The molecular weight excluding hydrogens is 252 g/mol. The van der Waals surface area contributed by atoms with Crippen LogP contribution in [0.25, 0.3) is 6.08 Å². The van der Waals surface area contributed by atoms with Crippen molar-refractivity contribution in [2.75, 3.05) is 7.11 Å². The zero-order valence-corrected chi connectivity index (χ0v) is 11.5. The van der Waals surface area contributed by atoms with Crippen LogP contribution in [0, 0.1) is 6.92 Å². The summed E-state index contributed by atoms with van der Waals surface area (Å²) in [6.45, 7) is 1.90. The van der Waals surface area contributed by atoms with E-state index in [1.54, 1.807) is 19.3 Å². The average molecular weight is 268 g/mol. The first-order valence-corrected chi connectivity index (χ1v) is 6.28. The molecule has 0 aromatic heterocycles. The Bertz CT molecular complexity index is 612. The number of hydrogen-bond acceptors (Lipinski definition) is 3. The normalized spacial score (nSPS) is 10.5. The van der Waals surface area contributed by atoms with Crippen LogP contribution in [-0.2, 0) is 4.79 Å². The van der Waals surface area contributed by atoms with Crippen molar-refractivity contribution in [1.82, 2.24) is 0 Å². The van der Waals surface area contributed by atoms with Crippen molar-refractivity contribution < 1.29 is 14.3 Å². The SMILES string of the molecule is COc1ccc(C=CC(=O)Oc2ccccc2C)cc1. The van der Waals surface area contributed by atoms with Gasteiger partial charge in [-0.2, -0.15) is 0 Å². The molecule has 0 saturated carbocycles. The largest absolute Gasteiger partial charge is 0.497 e. The van der Waals surface area contributed by atoms with Gasteiger partial charge in [0.05, 0.1) is 7.11 Å². The Morgan fingerprint density at radius 2 is 1.75 bits per heavy atom. The summed E-state index contributed by atoms with van der Waals surface area (Å²) in [7, 11) is 1.62. The van der Waals surface area contributed by atoms with Crippen LogP contribution < -0.4 is 9.47 Å². The van der Waals surface area contributed by atoms with Gasteiger partial charge in [-0.05, 0) is 42.3 Å². The second kappa shape index (κ2) is 6.57. The van der Waals surface area contributed by atoms with Gasteiger partial charge in [-0.15, -0.1) is 0 Å². The number of carbonyl (C=O) groups excluding carboxylic acids is 1. The number of methoxy groups -OCH3 is 1. The quantitative estimate of drug-likeness (QED) is 0.482. The minimum absolute atomic E-state index is 0.393. The molecule has 0 aliphatic carbocycles. The smallest absolute Gasteiger partial charge is 0.336 e. The van der Waals surface area contributed by atoms with Crippen LogP contribution in [0.3, 0.4) is 0 Å². The lowest BCUT2D eigenvalue weighted by molar-refractivity contribution is -0.128. The molecule has 2 rings (SSSR count). The van der Waals surface area contributed by atoms with Crippen molar-refractivity contribution in [3.8, 4) is 11.5 Å². The first-order chi connectivity index (χ1) is 9.69. The van der Waals surface area contributed by atoms with Gasteiger partial charge in [0.25, 0.3) is 0 Å². The van der Waals surface area contributed by atoms with Crippen LogP contribution in [0.15, 0.2) is 54.6 Å². The van der Waals surface area contributed by atoms with Gasteiger partial charge in [-0.25, -0.2) is 4.79 Å². The minimum atomic E-state index is -0.393. The third-order valence-electron chi connectivity index (χ3n) is 2.83. The Morgan fingerprint density at radius 1 is 1.05 bits per heavy atom. The van der Waals surface area contributed by atoms with Crippen LogP contribution in [0.5, 0.6) is 11.5 Å². The molecule has 20 heavy (non-hydrogen) atoms. The van der Waals surface area contributed by atoms with E-state index >= 15 is 0 Å². The van der Waals surface area contributed by atoms with E-state index < -0.39 is 5.97 Å². The Balaban J connectivity index is 2.00. The third kappa shape index (κ3) is 3.72. The fraction of sp³-hybridized carbons (Fsp3) is 0.118. The molecule has 0 spiro atoms. The van der Waals surface area contributed by atoms with E-state index in [4.69, 9.17) is 9.47 Å². The summed E-state index contributed by atoms with van der Waals surface area (Å²) >= 11 is 0. The van der Waals surface area contributed by atoms with E-state index in [1.165, 1.54) is 6.08 Å². The Hall–Kier alpha value is -2.55. The molecule has 0 bridgehead atoms. The first kappa shape index (κ1) is 13.9. The van der Waals surface area contributed by atoms with Crippen molar-refractivity contribution in [3.05, 3.63) is 65.7 Å². The number of rotatable bonds is 4. The molecular formula is C17H16O3. The van der Waals surface area contributed by atoms with Crippen molar-refractivity contribution in [2.24, 2.45) is 0 Å². The summed E-state index contributed by atoms with van der Waals surface area (Å²) < 4.78 is 10.3. The molecule has 2 aromatic carbocycles. The predicted octanol–water partition coefficient (Wildman–Crippen LogP) is 3.62. The van der Waals surface area contributed by atoms with Crippen LogP contribution in [0.4, 0.5) is 0 Å². The topological polar surface area (TPSA) is 35.5 Å². The molecule has 0 atom stereocenters. The molecule has 3 heteroatoms. The van der Waals surface area contributed by atoms with Crippen molar-refractivity contribution in [2.45, 2.75) is 6.92 Å². The van der Waals surface area contributed by atoms with E-state index in [-0.39, 0.29) is 0 Å². The van der Waals surface area contributed by atoms with Gasteiger partial charge in [0, 0.05) is 6.08 Å². The molecule has 0 saturated heterocycles. The zero-order valence-electron chi connectivity index (χ0n) is 11.5. The Morgan fingerprint density at radius 3 is 2.40 bits per heavy atom. The molecule has 102 valence electrons. The lowest BCUT2D eigenvalue weighted by Gasteiger charge is -2.04. The average Bonchev–Trinajstić information content (AvgIpc) is 2.48. The van der Waals surface area contributed by atoms with E-state index in [9.17, 15) is 4.79 Å². The van der Waals surface area contributed by atoms with Gasteiger partial charge in [0.1, 0.15) is 11.5 Å². The summed E-state index contributed by atoms with van der Waals surface area (Å²) in [4.78, 5) is 11.7. The van der Waals surface area contributed by atoms with Gasteiger partial charge in [-0.1, -0.05) is 30.3 Å². The maximum absolute atomic E-state index is 11.7. The van der Waals surface area contributed by atoms with Crippen LogP contribution in [0.2, 0.25) is 0 Å². The molecule has 3 nitrogen and oxygen atoms in total. The Kier molecular flexibility index (Phi) is 4.56. The first-order valence-electron chi connectivity index (χ1n) is 6.28. The van der Waals surface area contributed by atoms with Crippen molar-refractivity contribution >= 4 is 12.0 Å². The molecule has 0 aliphatic rings. The highest BCUT2D eigenvalue weighted by molar-refractivity contribution is 5.88. The highest BCUT2D eigenvalue weighted by Crippen LogP contribution is 2.17. The maximum atomic E-state index is 11.7. The molecule has 0 heterocycles. The van der Waals surface area contributed by atoms with E-state index in [1.807, 2.05) is 49.4 Å². The molecule has 0 fully saturated rings. The number of hydrogen-bond donors (Lipinski definition) is 0. The molecule has 0 aliphatic heterocycles. The number of ether oxygens (including phenoxy) is 2. The second-order valence-corrected chi connectivity index (χ2v) is 4.29.